The van der Waals surface area contributed by atoms with Crippen LogP contribution < -0.4 is 31.1 Å². The topological polar surface area (TPSA) is 214 Å². The fraction of sp³-hybridized carbons (Fsp3) is 0.458. The molecule has 3 N–H and O–H groups in total. The molecule has 18 nitrogen and oxygen atoms in total. The number of ketones is 2. The largest absolute Gasteiger partial charge is 0.493 e. The fourth-order valence-electron chi connectivity index (χ4n) is 9.19. The fourth-order valence-corrected chi connectivity index (χ4v) is 10.1. The van der Waals surface area contributed by atoms with Crippen LogP contribution in [0.25, 0.3) is 11.0 Å². The highest BCUT2D eigenvalue weighted by Crippen LogP contribution is 2.35. The molecule has 1 saturated carbocycles. The van der Waals surface area contributed by atoms with Crippen molar-refractivity contribution in [3.63, 3.8) is 0 Å². The van der Waals surface area contributed by atoms with Gasteiger partial charge in [-0.25, -0.2) is 15.0 Å². The van der Waals surface area contributed by atoms with Crippen molar-refractivity contribution in [3.8, 4) is 5.75 Å². The van der Waals surface area contributed by atoms with Gasteiger partial charge in [0, 0.05) is 61.3 Å². The molecule has 3 aliphatic rings. The SMILES string of the molecule is CN[C@@H](C)C(=O)N[C@@H](C)C(=O)N1CCC[C@H]1c1nc(C(=O)c2cccc(OCCC(=O)N3CCN(c4ccc(Nc5ncc6c(C)c(C(C)=O)c(=O)n(C7CCCC7)c6n5)nc4)CC3)c2)cs1. The molecular formula is C48H57N11O7S. The zero-order chi connectivity index (χ0) is 47.4. The third-order valence-electron chi connectivity index (χ3n) is 13.0. The van der Waals surface area contributed by atoms with Gasteiger partial charge in [-0.2, -0.15) is 4.98 Å². The molecule has 1 aromatic carbocycles. The van der Waals surface area contributed by atoms with Gasteiger partial charge in [-0.1, -0.05) is 25.0 Å². The molecular weight excluding hydrogens is 875 g/mol. The lowest BCUT2D eigenvalue weighted by molar-refractivity contribution is -0.137. The van der Waals surface area contributed by atoms with Crippen LogP contribution in [0.2, 0.25) is 0 Å². The molecule has 1 aliphatic carbocycles. The summed E-state index contributed by atoms with van der Waals surface area (Å²) < 4.78 is 7.64. The van der Waals surface area contributed by atoms with Crippen LogP contribution in [0.1, 0.15) is 115 Å². The summed E-state index contributed by atoms with van der Waals surface area (Å²) in [6.07, 6.45) is 8.86. The molecule has 3 amide bonds. The number of rotatable bonds is 16. The van der Waals surface area contributed by atoms with Crippen molar-refractivity contribution >= 4 is 69.1 Å². The number of hydrogen-bond acceptors (Lipinski definition) is 15. The van der Waals surface area contributed by atoms with E-state index < -0.39 is 12.1 Å². The van der Waals surface area contributed by atoms with Gasteiger partial charge < -0.3 is 35.4 Å². The second-order valence-corrected chi connectivity index (χ2v) is 18.3. The van der Waals surface area contributed by atoms with Crippen LogP contribution in [0.4, 0.5) is 17.5 Å². The molecule has 352 valence electrons. The summed E-state index contributed by atoms with van der Waals surface area (Å²) in [4.78, 5) is 103. The number of hydrogen-bond donors (Lipinski definition) is 3. The number of likely N-dealkylation sites (N-methyl/N-ethyl adjacent to an activating group) is 1. The number of benzene rings is 1. The number of Topliss-reactive ketones (excluding diaryl/α,β-unsaturated/α-hetero) is 1. The molecule has 2 aliphatic heterocycles. The first kappa shape index (κ1) is 46.9. The van der Waals surface area contributed by atoms with E-state index in [9.17, 15) is 28.8 Å². The minimum absolute atomic E-state index is 0.0196. The lowest BCUT2D eigenvalue weighted by atomic mass is 10.0. The van der Waals surface area contributed by atoms with Crippen molar-refractivity contribution in [1.82, 2.24) is 44.9 Å². The molecule has 5 aromatic rings. The van der Waals surface area contributed by atoms with Gasteiger partial charge in [-0.15, -0.1) is 11.3 Å². The summed E-state index contributed by atoms with van der Waals surface area (Å²) in [7, 11) is 1.68. The predicted molar refractivity (Wildman–Crippen MR) is 254 cm³/mol. The van der Waals surface area contributed by atoms with Crippen LogP contribution in [0.5, 0.6) is 5.75 Å². The highest BCUT2D eigenvalue weighted by Gasteiger charge is 2.35. The smallest absolute Gasteiger partial charge is 0.263 e. The van der Waals surface area contributed by atoms with Crippen LogP contribution in [0.15, 0.2) is 59.0 Å². The molecule has 0 unspecified atom stereocenters. The molecule has 8 rings (SSSR count). The zero-order valence-electron chi connectivity index (χ0n) is 38.5. The molecule has 0 radical (unpaired) electrons. The van der Waals surface area contributed by atoms with E-state index in [0.717, 1.165) is 37.8 Å². The molecule has 3 fully saturated rings. The Balaban J connectivity index is 0.808. The molecule has 19 heteroatoms. The van der Waals surface area contributed by atoms with E-state index in [1.54, 1.807) is 79.3 Å². The number of nitrogens with one attached hydrogen (secondary N) is 3. The van der Waals surface area contributed by atoms with Crippen LogP contribution in [-0.2, 0) is 14.4 Å². The van der Waals surface area contributed by atoms with E-state index in [1.165, 1.54) is 18.3 Å². The maximum atomic E-state index is 13.6. The quantitative estimate of drug-likeness (QED) is 0.109. The van der Waals surface area contributed by atoms with Crippen molar-refractivity contribution in [1.29, 1.82) is 0 Å². The number of aromatic nitrogens is 5. The third kappa shape index (κ3) is 10.2. The first-order valence-corrected chi connectivity index (χ1v) is 23.9. The van der Waals surface area contributed by atoms with Crippen molar-refractivity contribution < 1.29 is 28.7 Å². The Morgan fingerprint density at radius 1 is 0.910 bits per heavy atom. The standard InChI is InChI=1S/C48H57N11O7S/c1-28-36-26-51-48(55-43(36)59(33-11-6-7-12-33)47(65)41(28)31(4)60)54-39-16-15-34(25-50-39)56-19-21-57(22-20-56)40(61)17-23-66-35-13-8-10-32(24-35)42(62)37-27-67-45(53-37)38-14-9-18-58(38)46(64)30(3)52-44(63)29(2)49-5/h8,10,13,15-16,24-27,29-30,33,38,49H,6-7,9,11-12,14,17-23H2,1-5H3,(H,52,63)(H,50,51,54,55)/t29-,30-,38-/m0/s1. The lowest BCUT2D eigenvalue weighted by Gasteiger charge is -2.36. The van der Waals surface area contributed by atoms with Crippen LogP contribution >= 0.6 is 11.3 Å². The second kappa shape index (κ2) is 20.5. The minimum atomic E-state index is -0.700. The molecule has 6 heterocycles. The summed E-state index contributed by atoms with van der Waals surface area (Å²) in [5.74, 6) is 0.302. The number of carbonyl (C=O) groups is 5. The molecule has 0 bridgehead atoms. The number of pyridine rings is 2. The van der Waals surface area contributed by atoms with E-state index >= 15 is 0 Å². The van der Waals surface area contributed by atoms with E-state index in [4.69, 9.17) is 9.72 Å². The maximum absolute atomic E-state index is 13.6. The number of carbonyl (C=O) groups excluding carboxylic acids is 5. The highest BCUT2D eigenvalue weighted by molar-refractivity contribution is 7.10. The molecule has 67 heavy (non-hydrogen) atoms. The van der Waals surface area contributed by atoms with E-state index in [-0.39, 0.29) is 71.2 Å². The number of aryl methyl sites for hydroxylation is 1. The number of anilines is 3. The van der Waals surface area contributed by atoms with E-state index in [0.29, 0.717) is 83.8 Å². The molecule has 3 atom stereocenters. The maximum Gasteiger partial charge on any atom is 0.263 e. The van der Waals surface area contributed by atoms with Gasteiger partial charge in [0.15, 0.2) is 5.78 Å². The lowest BCUT2D eigenvalue weighted by Crippen LogP contribution is -2.51. The second-order valence-electron chi connectivity index (χ2n) is 17.5. The Morgan fingerprint density at radius 3 is 2.40 bits per heavy atom. The van der Waals surface area contributed by atoms with Crippen molar-refractivity contribution in [2.75, 3.05) is 56.6 Å². The Kier molecular flexibility index (Phi) is 14.4. The Hall–Kier alpha value is -6.60. The minimum Gasteiger partial charge on any atom is -0.493 e. The van der Waals surface area contributed by atoms with Crippen LogP contribution in [-0.4, -0.2) is 122 Å². The predicted octanol–water partition coefficient (Wildman–Crippen LogP) is 5.14. The van der Waals surface area contributed by atoms with Crippen molar-refractivity contribution in [3.05, 3.63) is 91.9 Å². The first-order chi connectivity index (χ1) is 32.3. The summed E-state index contributed by atoms with van der Waals surface area (Å²) in [5, 5.41) is 11.9. The number of piperazine rings is 1. The van der Waals surface area contributed by atoms with Gasteiger partial charge >= 0.3 is 0 Å². The van der Waals surface area contributed by atoms with Gasteiger partial charge in [0.25, 0.3) is 5.56 Å². The summed E-state index contributed by atoms with van der Waals surface area (Å²) in [6.45, 7) is 9.61. The van der Waals surface area contributed by atoms with E-state index in [1.807, 2.05) is 17.0 Å². The first-order valence-electron chi connectivity index (χ1n) is 23.0. The molecule has 2 saturated heterocycles. The number of likely N-dealkylation sites (tertiary alicyclic amines) is 1. The summed E-state index contributed by atoms with van der Waals surface area (Å²) in [5.41, 5.74) is 2.58. The van der Waals surface area contributed by atoms with Crippen LogP contribution in [0, 0.1) is 6.92 Å². The monoisotopic (exact) mass is 931 g/mol. The number of thiazole rings is 1. The molecule has 4 aromatic heterocycles. The van der Waals surface area contributed by atoms with Gasteiger partial charge in [-0.05, 0) is 90.3 Å². The number of fused-ring (bicyclic) bond motifs is 1. The average Bonchev–Trinajstić information content (AvgIpc) is 4.15. The summed E-state index contributed by atoms with van der Waals surface area (Å²) >= 11 is 1.34. The number of ether oxygens (including phenoxy) is 1. The Morgan fingerprint density at radius 2 is 1.69 bits per heavy atom. The number of nitrogens with zero attached hydrogens (tertiary/aromatic N) is 8. The molecule has 0 spiro atoms. The van der Waals surface area contributed by atoms with Crippen LogP contribution in [0.3, 0.4) is 0 Å². The Labute approximate surface area is 392 Å². The summed E-state index contributed by atoms with van der Waals surface area (Å²) in [6, 6.07) is 9.20. The zero-order valence-corrected chi connectivity index (χ0v) is 39.4. The number of amides is 3. The van der Waals surface area contributed by atoms with Gasteiger partial charge in [-0.3, -0.25) is 33.3 Å². The average molecular weight is 932 g/mol. The van der Waals surface area contributed by atoms with Crippen molar-refractivity contribution in [2.45, 2.75) is 96.8 Å². The van der Waals surface area contributed by atoms with Crippen molar-refractivity contribution in [2.24, 2.45) is 0 Å². The highest BCUT2D eigenvalue weighted by atomic mass is 32.1. The van der Waals surface area contributed by atoms with Gasteiger partial charge in [0.05, 0.1) is 42.6 Å². The van der Waals surface area contributed by atoms with E-state index in [2.05, 4.69) is 35.8 Å². The third-order valence-corrected chi connectivity index (χ3v) is 14.0. The van der Waals surface area contributed by atoms with Gasteiger partial charge in [0.1, 0.15) is 34.0 Å². The Bertz CT molecular complexity index is 2730. The van der Waals surface area contributed by atoms with Gasteiger partial charge in [0.2, 0.25) is 29.5 Å². The normalized spacial score (nSPS) is 17.4.